The molecule has 8 heteroatoms. The topological polar surface area (TPSA) is 127 Å². The Morgan fingerprint density at radius 3 is 1.83 bits per heavy atom. The number of benzene rings is 1. The van der Waals surface area contributed by atoms with Gasteiger partial charge in [-0.3, -0.25) is 9.59 Å². The molecule has 168 valence electrons. The average molecular weight is 424 g/mol. The van der Waals surface area contributed by atoms with Crippen molar-refractivity contribution < 1.29 is 38.9 Å². The molecule has 0 radical (unpaired) electrons. The molecule has 0 heterocycles. The van der Waals surface area contributed by atoms with Gasteiger partial charge in [-0.15, -0.1) is 0 Å². The van der Waals surface area contributed by atoms with Gasteiger partial charge in [0.15, 0.2) is 0 Å². The number of hydrogen-bond donors (Lipinski definition) is 2. The molecular formula is C22H32O8. The van der Waals surface area contributed by atoms with E-state index in [2.05, 4.69) is 0 Å². The maximum absolute atomic E-state index is 11.6. The number of unbranched alkanes of at least 4 members (excludes halogenated alkanes) is 3. The minimum absolute atomic E-state index is 0.0241. The lowest BCUT2D eigenvalue weighted by molar-refractivity contribution is -0.144. The van der Waals surface area contributed by atoms with Gasteiger partial charge in [0.2, 0.25) is 0 Å². The van der Waals surface area contributed by atoms with Crippen molar-refractivity contribution in [1.29, 1.82) is 0 Å². The normalized spacial score (nSPS) is 9.80. The van der Waals surface area contributed by atoms with E-state index >= 15 is 0 Å². The maximum atomic E-state index is 11.6. The van der Waals surface area contributed by atoms with Crippen LogP contribution in [0.3, 0.4) is 0 Å². The van der Waals surface area contributed by atoms with Crippen LogP contribution in [0.1, 0.15) is 85.9 Å². The van der Waals surface area contributed by atoms with E-state index in [4.69, 9.17) is 19.7 Å². The van der Waals surface area contributed by atoms with Gasteiger partial charge in [-0.1, -0.05) is 38.8 Å². The molecule has 30 heavy (non-hydrogen) atoms. The lowest BCUT2D eigenvalue weighted by Crippen LogP contribution is -2.12. The van der Waals surface area contributed by atoms with Gasteiger partial charge in [0.1, 0.15) is 0 Å². The van der Waals surface area contributed by atoms with E-state index in [0.717, 1.165) is 25.7 Å². The lowest BCUT2D eigenvalue weighted by Gasteiger charge is -2.06. The smallest absolute Gasteiger partial charge is 0.339 e. The summed E-state index contributed by atoms with van der Waals surface area (Å²) in [7, 11) is 0. The molecule has 0 atom stereocenters. The van der Waals surface area contributed by atoms with Gasteiger partial charge in [-0.25, -0.2) is 9.59 Å². The van der Waals surface area contributed by atoms with E-state index in [0.29, 0.717) is 32.5 Å². The summed E-state index contributed by atoms with van der Waals surface area (Å²) in [5.74, 6) is -2.73. The molecular weight excluding hydrogens is 392 g/mol. The third kappa shape index (κ3) is 13.3. The molecule has 0 aliphatic heterocycles. The number of aliphatic carboxylic acids is 1. The molecule has 0 spiro atoms. The zero-order valence-electron chi connectivity index (χ0n) is 17.7. The second kappa shape index (κ2) is 17.0. The highest BCUT2D eigenvalue weighted by atomic mass is 16.5. The van der Waals surface area contributed by atoms with E-state index in [1.165, 1.54) is 12.1 Å². The van der Waals surface area contributed by atoms with Gasteiger partial charge in [-0.05, 0) is 37.8 Å². The minimum Gasteiger partial charge on any atom is -0.481 e. The molecule has 0 saturated heterocycles. The predicted octanol–water partition coefficient (Wildman–Crippen LogP) is 4.32. The quantitative estimate of drug-likeness (QED) is 0.354. The number of carboxylic acids is 2. The van der Waals surface area contributed by atoms with Gasteiger partial charge < -0.3 is 19.7 Å². The maximum Gasteiger partial charge on any atom is 0.339 e. The predicted molar refractivity (Wildman–Crippen MR) is 111 cm³/mol. The Balaban J connectivity index is 0.000000567. The van der Waals surface area contributed by atoms with Gasteiger partial charge in [0.25, 0.3) is 0 Å². The Labute approximate surface area is 177 Å². The van der Waals surface area contributed by atoms with Crippen molar-refractivity contribution in [2.75, 3.05) is 13.2 Å². The van der Waals surface area contributed by atoms with Crippen LogP contribution in [-0.4, -0.2) is 47.3 Å². The Kier molecular flexibility index (Phi) is 15.4. The Morgan fingerprint density at radius 1 is 0.767 bits per heavy atom. The number of carbonyl (C=O) groups excluding carboxylic acids is 2. The first-order valence-corrected chi connectivity index (χ1v) is 10.2. The first kappa shape index (κ1) is 27.1. The standard InChI is InChI=1S/C12H14O4.C10H18O4/c1-2-3-8-16-12(15)10-7-5-4-6-9(10)11(13)14;1-2-3-8-14-10(13)7-5-4-6-9(11)12/h4-7H,2-3,8H2,1H3,(H,13,14);2-8H2,1H3,(H,11,12). The molecule has 0 fully saturated rings. The van der Waals surface area contributed by atoms with Gasteiger partial charge >= 0.3 is 23.9 Å². The van der Waals surface area contributed by atoms with Crippen LogP contribution in [0.25, 0.3) is 0 Å². The van der Waals surface area contributed by atoms with E-state index in [-0.39, 0.29) is 23.5 Å². The van der Waals surface area contributed by atoms with Crippen LogP contribution in [0.2, 0.25) is 0 Å². The van der Waals surface area contributed by atoms with E-state index < -0.39 is 17.9 Å². The van der Waals surface area contributed by atoms with Crippen LogP contribution in [-0.2, 0) is 19.1 Å². The summed E-state index contributed by atoms with van der Waals surface area (Å²) >= 11 is 0. The monoisotopic (exact) mass is 424 g/mol. The molecule has 0 amide bonds. The molecule has 0 aromatic heterocycles. The van der Waals surface area contributed by atoms with Crippen molar-refractivity contribution in [1.82, 2.24) is 0 Å². The number of esters is 2. The number of hydrogen-bond acceptors (Lipinski definition) is 6. The minimum atomic E-state index is -1.12. The summed E-state index contributed by atoms with van der Waals surface area (Å²) < 4.78 is 9.86. The Bertz CT molecular complexity index is 669. The third-order valence-electron chi connectivity index (χ3n) is 3.89. The van der Waals surface area contributed by atoms with Crippen molar-refractivity contribution in [3.05, 3.63) is 35.4 Å². The fourth-order valence-corrected chi connectivity index (χ4v) is 2.18. The van der Waals surface area contributed by atoms with Crippen LogP contribution in [0.15, 0.2) is 24.3 Å². The molecule has 1 aromatic rings. The highest BCUT2D eigenvalue weighted by Gasteiger charge is 2.16. The zero-order valence-corrected chi connectivity index (χ0v) is 17.7. The summed E-state index contributed by atoms with van der Waals surface area (Å²) in [5.41, 5.74) is 0.0788. The highest BCUT2D eigenvalue weighted by molar-refractivity contribution is 6.02. The molecule has 1 aromatic carbocycles. The van der Waals surface area contributed by atoms with Gasteiger partial charge in [0.05, 0.1) is 24.3 Å². The van der Waals surface area contributed by atoms with Crippen LogP contribution >= 0.6 is 0 Å². The SMILES string of the molecule is CCCCOC(=O)CCCCC(=O)O.CCCCOC(=O)c1ccccc1C(=O)O. The van der Waals surface area contributed by atoms with Crippen LogP contribution < -0.4 is 0 Å². The molecule has 0 aliphatic carbocycles. The molecule has 0 saturated carbocycles. The summed E-state index contributed by atoms with van der Waals surface area (Å²) in [6, 6.07) is 6.03. The summed E-state index contributed by atoms with van der Waals surface area (Å²) in [5, 5.41) is 17.2. The lowest BCUT2D eigenvalue weighted by atomic mass is 10.1. The van der Waals surface area contributed by atoms with Crippen LogP contribution in [0.4, 0.5) is 0 Å². The number of ether oxygens (including phenoxy) is 2. The number of aromatic carboxylic acids is 1. The Morgan fingerprint density at radius 2 is 1.30 bits per heavy atom. The van der Waals surface area contributed by atoms with Gasteiger partial charge in [-0.2, -0.15) is 0 Å². The first-order chi connectivity index (χ1) is 14.3. The van der Waals surface area contributed by atoms with Crippen molar-refractivity contribution >= 4 is 23.9 Å². The fraction of sp³-hybridized carbons (Fsp3) is 0.545. The molecule has 2 N–H and O–H groups in total. The average Bonchev–Trinajstić information content (AvgIpc) is 2.72. The molecule has 0 aliphatic rings. The number of carbonyl (C=O) groups is 4. The second-order valence-corrected chi connectivity index (χ2v) is 6.52. The molecule has 0 bridgehead atoms. The number of carboxylic acid groups (broad SMARTS) is 2. The summed E-state index contributed by atoms with van der Waals surface area (Å²) in [6.45, 7) is 4.82. The first-order valence-electron chi connectivity index (χ1n) is 10.2. The summed E-state index contributed by atoms with van der Waals surface area (Å²) in [6.07, 6.45) is 5.19. The van der Waals surface area contributed by atoms with Crippen molar-refractivity contribution in [2.24, 2.45) is 0 Å². The van der Waals surface area contributed by atoms with Crippen molar-refractivity contribution in [3.8, 4) is 0 Å². The second-order valence-electron chi connectivity index (χ2n) is 6.52. The molecule has 8 nitrogen and oxygen atoms in total. The van der Waals surface area contributed by atoms with Crippen LogP contribution in [0, 0.1) is 0 Å². The van der Waals surface area contributed by atoms with Crippen molar-refractivity contribution in [2.45, 2.75) is 65.2 Å². The summed E-state index contributed by atoms with van der Waals surface area (Å²) in [4.78, 5) is 43.5. The zero-order chi connectivity index (χ0) is 22.8. The van der Waals surface area contributed by atoms with E-state index in [1.807, 2.05) is 13.8 Å². The highest BCUT2D eigenvalue weighted by Crippen LogP contribution is 2.10. The van der Waals surface area contributed by atoms with Crippen molar-refractivity contribution in [3.63, 3.8) is 0 Å². The van der Waals surface area contributed by atoms with Crippen LogP contribution in [0.5, 0.6) is 0 Å². The van der Waals surface area contributed by atoms with E-state index in [1.54, 1.807) is 12.1 Å². The Hall–Kier alpha value is -2.90. The van der Waals surface area contributed by atoms with E-state index in [9.17, 15) is 19.2 Å². The number of rotatable bonds is 13. The van der Waals surface area contributed by atoms with Gasteiger partial charge in [0, 0.05) is 12.8 Å². The molecule has 0 unspecified atom stereocenters. The largest absolute Gasteiger partial charge is 0.481 e. The fourth-order valence-electron chi connectivity index (χ4n) is 2.18. The molecule has 1 rings (SSSR count). The third-order valence-corrected chi connectivity index (χ3v) is 3.89.